The molecule has 0 bridgehead atoms. The highest BCUT2D eigenvalue weighted by Crippen LogP contribution is 2.17. The molecule has 0 aromatic rings. The van der Waals surface area contributed by atoms with E-state index >= 15 is 0 Å². The normalized spacial score (nSPS) is 16.2. The lowest BCUT2D eigenvalue weighted by molar-refractivity contribution is -0.163. The zero-order valence-corrected chi connectivity index (χ0v) is 16.6. The van der Waals surface area contributed by atoms with E-state index in [0.717, 1.165) is 31.8 Å². The van der Waals surface area contributed by atoms with Gasteiger partial charge in [0.25, 0.3) is 0 Å². The second kappa shape index (κ2) is 13.6. The van der Waals surface area contributed by atoms with Crippen molar-refractivity contribution in [1.82, 2.24) is 9.80 Å². The van der Waals surface area contributed by atoms with Crippen LogP contribution in [0.5, 0.6) is 0 Å². The van der Waals surface area contributed by atoms with Gasteiger partial charge in [-0.1, -0.05) is 20.8 Å². The maximum absolute atomic E-state index is 12.1. The summed E-state index contributed by atoms with van der Waals surface area (Å²) in [4.78, 5) is 16.2. The van der Waals surface area contributed by atoms with Gasteiger partial charge in [-0.25, -0.2) is 0 Å². The van der Waals surface area contributed by atoms with Crippen LogP contribution in [0.4, 0.5) is 0 Å². The van der Waals surface area contributed by atoms with E-state index < -0.39 is 0 Å². The molecule has 0 aliphatic carbocycles. The zero-order chi connectivity index (χ0) is 18.5. The Hall–Kier alpha value is -0.690. The van der Waals surface area contributed by atoms with Crippen LogP contribution >= 0.6 is 0 Å². The third-order valence-corrected chi connectivity index (χ3v) is 3.67. The Labute approximate surface area is 148 Å². The first-order valence-electron chi connectivity index (χ1n) is 9.26. The van der Waals surface area contributed by atoms with E-state index in [9.17, 15) is 4.79 Å². The van der Waals surface area contributed by atoms with Gasteiger partial charge >= 0.3 is 0 Å². The first kappa shape index (κ1) is 23.3. The Bertz CT molecular complexity index is 310. The van der Waals surface area contributed by atoms with Crippen molar-refractivity contribution in [3.63, 3.8) is 0 Å². The van der Waals surface area contributed by atoms with Crippen LogP contribution in [0.1, 0.15) is 47.5 Å². The third kappa shape index (κ3) is 10.2. The quantitative estimate of drug-likeness (QED) is 0.681. The average Bonchev–Trinajstić information content (AvgIpc) is 2.52. The summed E-state index contributed by atoms with van der Waals surface area (Å²) in [6.07, 6.45) is 1.60. The van der Waals surface area contributed by atoms with Gasteiger partial charge in [-0.15, -0.1) is 0 Å². The van der Waals surface area contributed by atoms with Crippen molar-refractivity contribution < 1.29 is 14.3 Å². The summed E-state index contributed by atoms with van der Waals surface area (Å²) in [7, 11) is 2.11. The molecule has 0 aromatic carbocycles. The van der Waals surface area contributed by atoms with E-state index in [1.54, 1.807) is 0 Å². The van der Waals surface area contributed by atoms with Gasteiger partial charge < -0.3 is 25.0 Å². The predicted octanol–water partition coefficient (Wildman–Crippen LogP) is 1.93. The second-order valence-electron chi connectivity index (χ2n) is 6.86. The maximum atomic E-state index is 12.1. The summed E-state index contributed by atoms with van der Waals surface area (Å²) >= 11 is 0. The zero-order valence-electron chi connectivity index (χ0n) is 16.6. The fraction of sp³-hybridized carbons (Fsp3) is 0.944. The molecule has 24 heavy (non-hydrogen) atoms. The number of carbonyl (C=O) groups excluding carboxylic acids is 1. The van der Waals surface area contributed by atoms with E-state index in [2.05, 4.69) is 32.7 Å². The number of amides is 1. The minimum absolute atomic E-state index is 0.0241. The van der Waals surface area contributed by atoms with Gasteiger partial charge in [0.2, 0.25) is 5.91 Å². The van der Waals surface area contributed by atoms with Crippen LogP contribution in [0, 0.1) is 5.92 Å². The minimum Gasteiger partial charge on any atom is -0.351 e. The standard InChI is InChI=1S/C14H29N3O3.C4H10/c1-4-19-14(20-5-2)11-17(13(18)10-15)12-6-8-16(3)9-7-12;1-4(2)3/h12,14H,4-11,15H2,1-3H3;4H,1-3H3. The van der Waals surface area contributed by atoms with Crippen LogP contribution in [0.25, 0.3) is 0 Å². The van der Waals surface area contributed by atoms with E-state index in [0.29, 0.717) is 19.8 Å². The molecule has 2 N–H and O–H groups in total. The predicted molar refractivity (Wildman–Crippen MR) is 98.8 cm³/mol. The van der Waals surface area contributed by atoms with Gasteiger partial charge in [-0.3, -0.25) is 4.79 Å². The number of hydrogen-bond acceptors (Lipinski definition) is 5. The van der Waals surface area contributed by atoms with Crippen molar-refractivity contribution in [3.05, 3.63) is 0 Å². The van der Waals surface area contributed by atoms with Gasteiger partial charge in [0.15, 0.2) is 6.29 Å². The molecule has 1 aliphatic heterocycles. The van der Waals surface area contributed by atoms with Gasteiger partial charge in [0.05, 0.1) is 13.1 Å². The molecule has 0 saturated carbocycles. The minimum atomic E-state index is -0.361. The highest BCUT2D eigenvalue weighted by Gasteiger charge is 2.28. The lowest BCUT2D eigenvalue weighted by Gasteiger charge is -2.38. The molecule has 1 fully saturated rings. The molecule has 0 atom stereocenters. The molecular weight excluding hydrogens is 306 g/mol. The number of carbonyl (C=O) groups is 1. The molecule has 0 spiro atoms. The average molecular weight is 346 g/mol. The summed E-state index contributed by atoms with van der Waals surface area (Å²) in [5.41, 5.74) is 5.55. The highest BCUT2D eigenvalue weighted by molar-refractivity contribution is 5.78. The van der Waals surface area contributed by atoms with E-state index in [-0.39, 0.29) is 24.8 Å². The molecule has 6 nitrogen and oxygen atoms in total. The maximum Gasteiger partial charge on any atom is 0.236 e. The largest absolute Gasteiger partial charge is 0.351 e. The number of nitrogens with two attached hydrogens (primary N) is 1. The molecule has 144 valence electrons. The lowest BCUT2D eigenvalue weighted by atomic mass is 10.0. The van der Waals surface area contributed by atoms with Crippen molar-refractivity contribution in [3.8, 4) is 0 Å². The summed E-state index contributed by atoms with van der Waals surface area (Å²) < 4.78 is 11.1. The van der Waals surface area contributed by atoms with Gasteiger partial charge in [0, 0.05) is 19.3 Å². The number of nitrogens with zero attached hydrogens (tertiary/aromatic N) is 2. The van der Waals surface area contributed by atoms with E-state index in [4.69, 9.17) is 15.2 Å². The van der Waals surface area contributed by atoms with Crippen LogP contribution in [-0.4, -0.2) is 74.5 Å². The van der Waals surface area contributed by atoms with Crippen LogP contribution < -0.4 is 5.73 Å². The van der Waals surface area contributed by atoms with Gasteiger partial charge in [-0.2, -0.15) is 0 Å². The molecule has 1 rings (SSSR count). The smallest absolute Gasteiger partial charge is 0.236 e. The highest BCUT2D eigenvalue weighted by atomic mass is 16.7. The second-order valence-corrected chi connectivity index (χ2v) is 6.86. The number of rotatable bonds is 8. The van der Waals surface area contributed by atoms with E-state index in [1.165, 1.54) is 0 Å². The Kier molecular flexibility index (Phi) is 13.2. The SMILES string of the molecule is CC(C)C.CCOC(CN(C(=O)CN)C1CCN(C)CC1)OCC. The summed E-state index contributed by atoms with van der Waals surface area (Å²) in [6, 6.07) is 0.241. The molecule has 0 radical (unpaired) electrons. The Morgan fingerprint density at radius 1 is 1.17 bits per heavy atom. The number of ether oxygens (including phenoxy) is 2. The van der Waals surface area contributed by atoms with E-state index in [1.807, 2.05) is 18.7 Å². The molecule has 1 aliphatic rings. The fourth-order valence-corrected chi connectivity index (χ4v) is 2.56. The monoisotopic (exact) mass is 345 g/mol. The third-order valence-electron chi connectivity index (χ3n) is 3.67. The fourth-order valence-electron chi connectivity index (χ4n) is 2.56. The number of piperidine rings is 1. The first-order chi connectivity index (χ1) is 11.3. The molecule has 1 heterocycles. The topological polar surface area (TPSA) is 68.0 Å². The molecule has 1 saturated heterocycles. The van der Waals surface area contributed by atoms with Crippen LogP contribution in [0.3, 0.4) is 0 Å². The lowest BCUT2D eigenvalue weighted by Crippen LogP contribution is -2.51. The van der Waals surface area contributed by atoms with Crippen molar-refractivity contribution >= 4 is 5.91 Å². The van der Waals surface area contributed by atoms with Crippen molar-refractivity contribution in [2.45, 2.75) is 59.8 Å². The molecule has 6 heteroatoms. The van der Waals surface area contributed by atoms with Crippen LogP contribution in [-0.2, 0) is 14.3 Å². The number of likely N-dealkylation sites (tertiary alicyclic amines) is 1. The Morgan fingerprint density at radius 3 is 2.00 bits per heavy atom. The summed E-state index contributed by atoms with van der Waals surface area (Å²) in [6.45, 7) is 14.0. The summed E-state index contributed by atoms with van der Waals surface area (Å²) in [5, 5.41) is 0. The van der Waals surface area contributed by atoms with Crippen LogP contribution in [0.15, 0.2) is 0 Å². The molecule has 0 unspecified atom stereocenters. The van der Waals surface area contributed by atoms with Gasteiger partial charge in [-0.05, 0) is 52.7 Å². The Morgan fingerprint density at radius 2 is 1.62 bits per heavy atom. The van der Waals surface area contributed by atoms with Crippen molar-refractivity contribution in [2.75, 3.05) is 46.4 Å². The molecule has 0 aromatic heterocycles. The van der Waals surface area contributed by atoms with Crippen LogP contribution in [0.2, 0.25) is 0 Å². The van der Waals surface area contributed by atoms with Crippen molar-refractivity contribution in [1.29, 1.82) is 0 Å². The van der Waals surface area contributed by atoms with Gasteiger partial charge in [0.1, 0.15) is 0 Å². The number of hydrogen-bond donors (Lipinski definition) is 1. The summed E-state index contributed by atoms with van der Waals surface area (Å²) in [5.74, 6) is 0.809. The molecular formula is C18H39N3O3. The molecule has 1 amide bonds. The first-order valence-corrected chi connectivity index (χ1v) is 9.26. The Balaban J connectivity index is 0.00000118. The van der Waals surface area contributed by atoms with Crippen molar-refractivity contribution in [2.24, 2.45) is 11.7 Å².